The molecule has 0 saturated carbocycles. The first-order valence-corrected chi connectivity index (χ1v) is 5.96. The maximum Gasteiger partial charge on any atom is 0.134 e. The summed E-state index contributed by atoms with van der Waals surface area (Å²) >= 11 is 6.16. The van der Waals surface area contributed by atoms with Crippen molar-refractivity contribution in [2.75, 3.05) is 0 Å². The molecule has 0 aliphatic rings. The first-order valence-electron chi connectivity index (χ1n) is 5.58. The Morgan fingerprint density at radius 1 is 1.29 bits per heavy atom. The quantitative estimate of drug-likeness (QED) is 0.744. The molecule has 86 valence electrons. The Kier molecular flexibility index (Phi) is 3.31. The van der Waals surface area contributed by atoms with E-state index in [2.05, 4.69) is 11.1 Å². The maximum absolute atomic E-state index is 9.21. The monoisotopic (exact) mass is 244 g/mol. The number of para-hydroxylation sites is 1. The third kappa shape index (κ3) is 2.25. The highest BCUT2D eigenvalue weighted by Gasteiger charge is 2.19. The summed E-state index contributed by atoms with van der Waals surface area (Å²) in [7, 11) is 0. The van der Waals surface area contributed by atoms with Gasteiger partial charge in [-0.05, 0) is 18.1 Å². The van der Waals surface area contributed by atoms with E-state index in [1.54, 1.807) is 0 Å². The summed E-state index contributed by atoms with van der Waals surface area (Å²) in [6.07, 6.45) is 0. The van der Waals surface area contributed by atoms with Gasteiger partial charge in [0, 0.05) is 10.9 Å². The Labute approximate surface area is 106 Å². The smallest absolute Gasteiger partial charge is 0.134 e. The van der Waals surface area contributed by atoms with Gasteiger partial charge in [-0.1, -0.05) is 43.6 Å². The summed E-state index contributed by atoms with van der Waals surface area (Å²) in [5.41, 5.74) is 1.68. The van der Waals surface area contributed by atoms with Crippen molar-refractivity contribution < 1.29 is 0 Å². The average molecular weight is 245 g/mol. The molecule has 0 aliphatic carbocycles. The summed E-state index contributed by atoms with van der Waals surface area (Å²) in [5, 5.41) is 10.7. The van der Waals surface area contributed by atoms with Gasteiger partial charge in [0.1, 0.15) is 5.15 Å². The van der Waals surface area contributed by atoms with Crippen LogP contribution in [0.2, 0.25) is 5.15 Å². The number of nitriles is 1. The first kappa shape index (κ1) is 11.9. The molecule has 0 amide bonds. The Morgan fingerprint density at radius 2 is 2.00 bits per heavy atom. The summed E-state index contributed by atoms with van der Waals surface area (Å²) < 4.78 is 0. The maximum atomic E-state index is 9.21. The molecule has 17 heavy (non-hydrogen) atoms. The van der Waals surface area contributed by atoms with E-state index < -0.39 is 0 Å². The number of nitrogens with zero attached hydrogens (tertiary/aromatic N) is 2. The number of aromatic nitrogens is 1. The van der Waals surface area contributed by atoms with E-state index in [0.717, 1.165) is 16.5 Å². The summed E-state index contributed by atoms with van der Waals surface area (Å²) in [6.45, 7) is 4.03. The molecular weight excluding hydrogens is 232 g/mol. The third-order valence-corrected chi connectivity index (χ3v) is 3.15. The van der Waals surface area contributed by atoms with E-state index in [4.69, 9.17) is 11.6 Å². The van der Waals surface area contributed by atoms with Crippen molar-refractivity contribution in [3.8, 4) is 6.07 Å². The van der Waals surface area contributed by atoms with E-state index in [9.17, 15) is 5.26 Å². The lowest BCUT2D eigenvalue weighted by Crippen LogP contribution is -2.05. The highest BCUT2D eigenvalue weighted by Crippen LogP contribution is 2.31. The average Bonchev–Trinajstić information content (AvgIpc) is 2.30. The number of halogens is 1. The fourth-order valence-corrected chi connectivity index (χ4v) is 2.17. The number of pyridine rings is 1. The number of rotatable bonds is 2. The molecule has 1 aromatic carbocycles. The van der Waals surface area contributed by atoms with Crippen molar-refractivity contribution in [1.29, 1.82) is 5.26 Å². The van der Waals surface area contributed by atoms with E-state index in [-0.39, 0.29) is 11.8 Å². The van der Waals surface area contributed by atoms with Crippen molar-refractivity contribution >= 4 is 22.5 Å². The van der Waals surface area contributed by atoms with Gasteiger partial charge in [0.2, 0.25) is 0 Å². The van der Waals surface area contributed by atoms with Crippen LogP contribution in [0.25, 0.3) is 10.9 Å². The van der Waals surface area contributed by atoms with Gasteiger partial charge in [0.25, 0.3) is 0 Å². The zero-order valence-corrected chi connectivity index (χ0v) is 10.6. The van der Waals surface area contributed by atoms with E-state index in [1.807, 2.05) is 44.2 Å². The van der Waals surface area contributed by atoms with Crippen LogP contribution in [0.1, 0.15) is 25.3 Å². The number of benzene rings is 1. The minimum atomic E-state index is -0.209. The largest absolute Gasteiger partial charge is 0.236 e. The van der Waals surface area contributed by atoms with Gasteiger partial charge in [-0.3, -0.25) is 0 Å². The predicted molar refractivity (Wildman–Crippen MR) is 69.9 cm³/mol. The summed E-state index contributed by atoms with van der Waals surface area (Å²) in [4.78, 5) is 4.34. The zero-order valence-electron chi connectivity index (χ0n) is 9.81. The molecule has 0 radical (unpaired) electrons. The molecule has 0 aliphatic heterocycles. The van der Waals surface area contributed by atoms with Crippen molar-refractivity contribution in [2.24, 2.45) is 5.92 Å². The molecule has 2 rings (SSSR count). The fraction of sp³-hybridized carbons (Fsp3) is 0.286. The van der Waals surface area contributed by atoms with Gasteiger partial charge in [-0.15, -0.1) is 0 Å². The second-order valence-corrected chi connectivity index (χ2v) is 4.77. The lowest BCUT2D eigenvalue weighted by Gasteiger charge is -2.15. The van der Waals surface area contributed by atoms with E-state index >= 15 is 0 Å². The van der Waals surface area contributed by atoms with Crippen LogP contribution in [0.4, 0.5) is 0 Å². The Balaban J connectivity index is 2.62. The lowest BCUT2D eigenvalue weighted by atomic mass is 9.90. The van der Waals surface area contributed by atoms with Gasteiger partial charge in [0.15, 0.2) is 0 Å². The van der Waals surface area contributed by atoms with Crippen LogP contribution in [-0.2, 0) is 0 Å². The van der Waals surface area contributed by atoms with Crippen molar-refractivity contribution in [2.45, 2.75) is 19.8 Å². The van der Waals surface area contributed by atoms with Gasteiger partial charge >= 0.3 is 0 Å². The van der Waals surface area contributed by atoms with Gasteiger partial charge in [0.05, 0.1) is 17.5 Å². The highest BCUT2D eigenvalue weighted by molar-refractivity contribution is 6.30. The molecule has 0 saturated heterocycles. The number of hydrogen-bond donors (Lipinski definition) is 0. The van der Waals surface area contributed by atoms with Crippen LogP contribution in [0.3, 0.4) is 0 Å². The normalized spacial score (nSPS) is 12.6. The Morgan fingerprint density at radius 3 is 2.65 bits per heavy atom. The van der Waals surface area contributed by atoms with Gasteiger partial charge in [-0.2, -0.15) is 5.26 Å². The molecule has 1 unspecified atom stereocenters. The molecule has 0 bridgehead atoms. The molecule has 2 aromatic rings. The molecular formula is C14H13ClN2. The molecule has 0 spiro atoms. The number of hydrogen-bond acceptors (Lipinski definition) is 2. The van der Waals surface area contributed by atoms with E-state index in [0.29, 0.717) is 5.15 Å². The fourth-order valence-electron chi connectivity index (χ4n) is 1.90. The predicted octanol–water partition coefficient (Wildman–Crippen LogP) is 4.15. The minimum absolute atomic E-state index is 0.209. The van der Waals surface area contributed by atoms with Crippen molar-refractivity contribution in [3.05, 3.63) is 41.0 Å². The third-order valence-electron chi connectivity index (χ3n) is 2.85. The Bertz CT molecular complexity index is 584. The topological polar surface area (TPSA) is 36.7 Å². The van der Waals surface area contributed by atoms with Crippen LogP contribution in [0.5, 0.6) is 0 Å². The van der Waals surface area contributed by atoms with Crippen LogP contribution < -0.4 is 0 Å². The summed E-state index contributed by atoms with van der Waals surface area (Å²) in [5.74, 6) is 0.0140. The summed E-state index contributed by atoms with van der Waals surface area (Å²) in [6, 6.07) is 12.1. The molecule has 1 aromatic heterocycles. The molecule has 1 atom stereocenters. The standard InChI is InChI=1S/C14H13ClN2/c1-9(2)12(8-16)11-7-10-5-3-4-6-13(10)17-14(11)15/h3-7,9,12H,1-2H3. The molecule has 0 fully saturated rings. The highest BCUT2D eigenvalue weighted by atomic mass is 35.5. The van der Waals surface area contributed by atoms with Gasteiger partial charge in [-0.25, -0.2) is 4.98 Å². The molecule has 2 nitrogen and oxygen atoms in total. The SMILES string of the molecule is CC(C)C(C#N)c1cc2ccccc2nc1Cl. The minimum Gasteiger partial charge on any atom is -0.236 e. The molecule has 0 N–H and O–H groups in total. The second kappa shape index (κ2) is 4.73. The van der Waals surface area contributed by atoms with Crippen LogP contribution in [-0.4, -0.2) is 4.98 Å². The molecule has 3 heteroatoms. The van der Waals surface area contributed by atoms with Crippen molar-refractivity contribution in [1.82, 2.24) is 4.98 Å². The van der Waals surface area contributed by atoms with Crippen LogP contribution in [0.15, 0.2) is 30.3 Å². The Hall–Kier alpha value is -1.59. The molecule has 1 heterocycles. The zero-order chi connectivity index (χ0) is 12.4. The van der Waals surface area contributed by atoms with E-state index in [1.165, 1.54) is 0 Å². The van der Waals surface area contributed by atoms with Crippen LogP contribution in [0, 0.1) is 17.2 Å². The van der Waals surface area contributed by atoms with Gasteiger partial charge < -0.3 is 0 Å². The van der Waals surface area contributed by atoms with Crippen LogP contribution >= 0.6 is 11.6 Å². The lowest BCUT2D eigenvalue weighted by molar-refractivity contribution is 0.586. The van der Waals surface area contributed by atoms with Crippen molar-refractivity contribution in [3.63, 3.8) is 0 Å². The first-order chi connectivity index (χ1) is 8.13. The number of fused-ring (bicyclic) bond motifs is 1. The second-order valence-electron chi connectivity index (χ2n) is 4.41.